The largest absolute Gasteiger partial charge is 0.496 e. The number of carbonyl (C=O) groups is 1. The first-order chi connectivity index (χ1) is 13.6. The fourth-order valence-corrected chi connectivity index (χ4v) is 4.40. The maximum absolute atomic E-state index is 13.1. The van der Waals surface area contributed by atoms with Crippen LogP contribution in [0.3, 0.4) is 0 Å². The van der Waals surface area contributed by atoms with E-state index in [-0.39, 0.29) is 5.91 Å². The van der Waals surface area contributed by atoms with Gasteiger partial charge in [-0.1, -0.05) is 6.07 Å². The molecule has 1 aromatic carbocycles. The summed E-state index contributed by atoms with van der Waals surface area (Å²) in [5.74, 6) is 1.92. The van der Waals surface area contributed by atoms with Crippen molar-refractivity contribution in [2.75, 3.05) is 45.3 Å². The maximum Gasteiger partial charge on any atom is 0.261 e. The van der Waals surface area contributed by atoms with Gasteiger partial charge in [0.15, 0.2) is 0 Å². The van der Waals surface area contributed by atoms with Crippen molar-refractivity contribution in [1.29, 1.82) is 0 Å². The Morgan fingerprint density at radius 3 is 2.39 bits per heavy atom. The van der Waals surface area contributed by atoms with Gasteiger partial charge in [0.1, 0.15) is 34.0 Å². The number of hydrogen-bond donors (Lipinski definition) is 0. The van der Waals surface area contributed by atoms with Crippen LogP contribution in [0.15, 0.2) is 30.6 Å². The number of anilines is 1. The quantitative estimate of drug-likeness (QED) is 0.673. The summed E-state index contributed by atoms with van der Waals surface area (Å²) < 4.78 is 10.8. The number of fused-ring (bicyclic) bond motifs is 1. The molecule has 1 saturated heterocycles. The number of benzene rings is 1. The minimum atomic E-state index is -0.0758. The smallest absolute Gasteiger partial charge is 0.261 e. The molecule has 3 aromatic rings. The van der Waals surface area contributed by atoms with Crippen LogP contribution in [0.5, 0.6) is 11.5 Å². The van der Waals surface area contributed by atoms with Crippen molar-refractivity contribution < 1.29 is 14.3 Å². The number of nitrogens with zero attached hydrogens (tertiary/aromatic N) is 4. The van der Waals surface area contributed by atoms with Crippen LogP contribution >= 0.6 is 11.3 Å². The van der Waals surface area contributed by atoms with Gasteiger partial charge in [0.05, 0.1) is 19.6 Å². The lowest BCUT2D eigenvalue weighted by molar-refractivity contribution is 0.0739. The summed E-state index contributed by atoms with van der Waals surface area (Å²) in [7, 11) is 3.12. The average molecular weight is 398 g/mol. The lowest BCUT2D eigenvalue weighted by Crippen LogP contribution is -2.49. The van der Waals surface area contributed by atoms with E-state index in [1.807, 2.05) is 11.0 Å². The molecule has 1 aliphatic rings. The monoisotopic (exact) mass is 398 g/mol. The fraction of sp³-hybridized carbons (Fsp3) is 0.350. The Kier molecular flexibility index (Phi) is 5.04. The van der Waals surface area contributed by atoms with Crippen molar-refractivity contribution in [1.82, 2.24) is 14.9 Å². The SMILES string of the molecule is COc1cccc(OC)c1C(=O)N1CCN(c2ncnc3sc(C)cc23)CC1. The first-order valence-electron chi connectivity index (χ1n) is 9.08. The number of rotatable bonds is 4. The molecular weight excluding hydrogens is 376 g/mol. The minimum absolute atomic E-state index is 0.0758. The molecule has 1 fully saturated rings. The predicted octanol–water partition coefficient (Wildman–Crippen LogP) is 2.98. The van der Waals surface area contributed by atoms with Crippen LogP contribution in [0.25, 0.3) is 10.2 Å². The van der Waals surface area contributed by atoms with Gasteiger partial charge in [0.2, 0.25) is 0 Å². The van der Waals surface area contributed by atoms with Crippen molar-refractivity contribution in [3.05, 3.63) is 41.0 Å². The summed E-state index contributed by atoms with van der Waals surface area (Å²) >= 11 is 1.67. The minimum Gasteiger partial charge on any atom is -0.496 e. The van der Waals surface area contributed by atoms with Crippen LogP contribution in [0.2, 0.25) is 0 Å². The molecule has 0 radical (unpaired) electrons. The Morgan fingerprint density at radius 1 is 1.07 bits per heavy atom. The molecule has 3 heterocycles. The van der Waals surface area contributed by atoms with Crippen LogP contribution in [0, 0.1) is 6.92 Å². The van der Waals surface area contributed by atoms with E-state index < -0.39 is 0 Å². The van der Waals surface area contributed by atoms with E-state index in [1.54, 1.807) is 44.0 Å². The van der Waals surface area contributed by atoms with Crippen molar-refractivity contribution in [2.24, 2.45) is 0 Å². The third kappa shape index (κ3) is 3.24. The van der Waals surface area contributed by atoms with Gasteiger partial charge in [-0.2, -0.15) is 0 Å². The molecule has 2 aromatic heterocycles. The Hall–Kier alpha value is -2.87. The first kappa shape index (κ1) is 18.5. The Labute approximate surface area is 167 Å². The van der Waals surface area contributed by atoms with Crippen molar-refractivity contribution in [3.63, 3.8) is 0 Å². The molecule has 146 valence electrons. The zero-order chi connectivity index (χ0) is 19.7. The molecule has 0 N–H and O–H groups in total. The fourth-order valence-electron chi connectivity index (χ4n) is 3.56. The number of piperazine rings is 1. The highest BCUT2D eigenvalue weighted by atomic mass is 32.1. The molecule has 0 saturated carbocycles. The zero-order valence-corrected chi connectivity index (χ0v) is 17.0. The normalized spacial score (nSPS) is 14.4. The standard InChI is InChI=1S/C20H22N4O3S/c1-13-11-14-18(21-12-22-19(14)28-13)23-7-9-24(10-8-23)20(25)17-15(26-2)5-4-6-16(17)27-3/h4-6,11-12H,7-10H2,1-3H3. The number of aromatic nitrogens is 2. The number of methoxy groups -OCH3 is 2. The number of hydrogen-bond acceptors (Lipinski definition) is 7. The highest BCUT2D eigenvalue weighted by Gasteiger charge is 2.28. The number of amides is 1. The molecule has 1 amide bonds. The van der Waals surface area contributed by atoms with Crippen LogP contribution in [0.4, 0.5) is 5.82 Å². The molecule has 28 heavy (non-hydrogen) atoms. The van der Waals surface area contributed by atoms with Gasteiger partial charge in [-0.25, -0.2) is 9.97 Å². The van der Waals surface area contributed by atoms with E-state index in [1.165, 1.54) is 4.88 Å². The Bertz CT molecular complexity index is 990. The summed E-state index contributed by atoms with van der Waals surface area (Å²) in [6.45, 7) is 4.71. The molecule has 1 aliphatic heterocycles. The summed E-state index contributed by atoms with van der Waals surface area (Å²) in [4.78, 5) is 28.3. The van der Waals surface area contributed by atoms with Crippen LogP contribution in [-0.4, -0.2) is 61.2 Å². The first-order valence-corrected chi connectivity index (χ1v) is 9.90. The van der Waals surface area contributed by atoms with E-state index in [9.17, 15) is 4.79 Å². The van der Waals surface area contributed by atoms with Gasteiger partial charge in [-0.05, 0) is 25.1 Å². The molecular formula is C20H22N4O3S. The number of ether oxygens (including phenoxy) is 2. The van der Waals surface area contributed by atoms with Crippen molar-refractivity contribution >= 4 is 33.3 Å². The van der Waals surface area contributed by atoms with Crippen LogP contribution < -0.4 is 14.4 Å². The third-order valence-corrected chi connectivity index (χ3v) is 5.90. The van der Waals surface area contributed by atoms with E-state index in [4.69, 9.17) is 9.47 Å². The van der Waals surface area contributed by atoms with E-state index in [2.05, 4.69) is 27.9 Å². The lowest BCUT2D eigenvalue weighted by atomic mass is 10.1. The highest BCUT2D eigenvalue weighted by molar-refractivity contribution is 7.18. The topological polar surface area (TPSA) is 67.8 Å². The number of aryl methyl sites for hydroxylation is 1. The second-order valence-corrected chi connectivity index (χ2v) is 7.82. The third-order valence-electron chi connectivity index (χ3n) is 4.94. The number of carbonyl (C=O) groups excluding carboxylic acids is 1. The maximum atomic E-state index is 13.1. The molecule has 0 bridgehead atoms. The van der Waals surface area contributed by atoms with E-state index >= 15 is 0 Å². The second kappa shape index (κ2) is 7.63. The highest BCUT2D eigenvalue weighted by Crippen LogP contribution is 2.32. The van der Waals surface area contributed by atoms with Gasteiger partial charge >= 0.3 is 0 Å². The molecule has 4 rings (SSSR count). The van der Waals surface area contributed by atoms with Crippen molar-refractivity contribution in [2.45, 2.75) is 6.92 Å². The van der Waals surface area contributed by atoms with E-state index in [0.717, 1.165) is 16.0 Å². The lowest BCUT2D eigenvalue weighted by Gasteiger charge is -2.36. The number of thiophene rings is 1. The van der Waals surface area contributed by atoms with Crippen LogP contribution in [-0.2, 0) is 0 Å². The van der Waals surface area contributed by atoms with Crippen LogP contribution in [0.1, 0.15) is 15.2 Å². The summed E-state index contributed by atoms with van der Waals surface area (Å²) in [6.07, 6.45) is 1.62. The van der Waals surface area contributed by atoms with Gasteiger partial charge < -0.3 is 19.3 Å². The van der Waals surface area contributed by atoms with Gasteiger partial charge in [-0.15, -0.1) is 11.3 Å². The average Bonchev–Trinajstić information content (AvgIpc) is 3.12. The van der Waals surface area contributed by atoms with Gasteiger partial charge in [-0.3, -0.25) is 4.79 Å². The van der Waals surface area contributed by atoms with Gasteiger partial charge in [0.25, 0.3) is 5.91 Å². The molecule has 0 atom stereocenters. The molecule has 0 unspecified atom stereocenters. The predicted molar refractivity (Wildman–Crippen MR) is 110 cm³/mol. The Balaban J connectivity index is 1.54. The molecule has 0 aliphatic carbocycles. The summed E-state index contributed by atoms with van der Waals surface area (Å²) in [5, 5.41) is 1.08. The van der Waals surface area contributed by atoms with Crippen molar-refractivity contribution in [3.8, 4) is 11.5 Å². The molecule has 0 spiro atoms. The van der Waals surface area contributed by atoms with Gasteiger partial charge in [0, 0.05) is 31.1 Å². The summed E-state index contributed by atoms with van der Waals surface area (Å²) in [5.41, 5.74) is 0.471. The zero-order valence-electron chi connectivity index (χ0n) is 16.1. The van der Waals surface area contributed by atoms with E-state index in [0.29, 0.717) is 43.2 Å². The molecule has 7 nitrogen and oxygen atoms in total. The summed E-state index contributed by atoms with van der Waals surface area (Å²) in [6, 6.07) is 7.51. The second-order valence-electron chi connectivity index (χ2n) is 6.59. The Morgan fingerprint density at radius 2 is 1.75 bits per heavy atom. The molecule has 8 heteroatoms.